The van der Waals surface area contributed by atoms with E-state index in [-0.39, 0.29) is 0 Å². The smallest absolute Gasteiger partial charge is 0.172 e. The van der Waals surface area contributed by atoms with E-state index in [1.807, 2.05) is 44.2 Å². The first kappa shape index (κ1) is 12.6. The number of allylic oxidation sites excluding steroid dienone is 1. The molecule has 0 N–H and O–H groups in total. The number of alkyl halides is 1. The van der Waals surface area contributed by atoms with E-state index in [1.165, 1.54) is 0 Å². The van der Waals surface area contributed by atoms with Crippen LogP contribution in [0.25, 0.3) is 0 Å². The Morgan fingerprint density at radius 1 is 1.44 bits per heavy atom. The van der Waals surface area contributed by atoms with Gasteiger partial charge in [-0.3, -0.25) is 4.79 Å². The maximum absolute atomic E-state index is 12.6. The minimum absolute atomic E-state index is 0.392. The summed E-state index contributed by atoms with van der Waals surface area (Å²) in [5.41, 5.74) is 0.403. The zero-order chi connectivity index (χ0) is 12.2. The number of hydrogen-bond donors (Lipinski definition) is 0. The van der Waals surface area contributed by atoms with Crippen molar-refractivity contribution in [3.05, 3.63) is 48.6 Å². The summed E-state index contributed by atoms with van der Waals surface area (Å²) in [6.07, 6.45) is 1.71. The number of hydrogen-bond acceptors (Lipinski definition) is 1. The lowest BCUT2D eigenvalue weighted by molar-refractivity contribution is -0.123. The van der Waals surface area contributed by atoms with Crippen molar-refractivity contribution in [1.29, 1.82) is 0 Å². The van der Waals surface area contributed by atoms with Crippen molar-refractivity contribution in [1.82, 2.24) is 0 Å². The van der Waals surface area contributed by atoms with Gasteiger partial charge < -0.3 is 0 Å². The molecular weight excluding hydrogens is 203 g/mol. The SMILES string of the molecule is C=CC(C)(C)C(C(=O)CF)c1ccccc1. The van der Waals surface area contributed by atoms with Gasteiger partial charge in [0.25, 0.3) is 0 Å². The zero-order valence-electron chi connectivity index (χ0n) is 9.74. The lowest BCUT2D eigenvalue weighted by Gasteiger charge is -2.30. The van der Waals surface area contributed by atoms with Crippen molar-refractivity contribution in [3.8, 4) is 0 Å². The van der Waals surface area contributed by atoms with E-state index in [2.05, 4.69) is 6.58 Å². The fourth-order valence-electron chi connectivity index (χ4n) is 1.87. The van der Waals surface area contributed by atoms with E-state index in [0.29, 0.717) is 0 Å². The molecule has 0 aliphatic rings. The number of Topliss-reactive ketones (excluding diaryl/α,β-unsaturated/α-hetero) is 1. The summed E-state index contributed by atoms with van der Waals surface area (Å²) in [7, 11) is 0. The lowest BCUT2D eigenvalue weighted by atomic mass is 9.73. The zero-order valence-corrected chi connectivity index (χ0v) is 9.74. The molecule has 0 aliphatic heterocycles. The molecule has 1 unspecified atom stereocenters. The van der Waals surface area contributed by atoms with Crippen LogP contribution in [0, 0.1) is 5.41 Å². The number of carbonyl (C=O) groups excluding carboxylic acids is 1. The van der Waals surface area contributed by atoms with E-state index >= 15 is 0 Å². The highest BCUT2D eigenvalue weighted by molar-refractivity contribution is 5.87. The van der Waals surface area contributed by atoms with Gasteiger partial charge in [0.1, 0.15) is 6.67 Å². The first-order valence-electron chi connectivity index (χ1n) is 5.30. The molecule has 86 valence electrons. The fourth-order valence-corrected chi connectivity index (χ4v) is 1.87. The molecule has 0 saturated heterocycles. The van der Waals surface area contributed by atoms with Crippen LogP contribution in [-0.2, 0) is 4.79 Å². The summed E-state index contributed by atoms with van der Waals surface area (Å²) >= 11 is 0. The average molecular weight is 220 g/mol. The Bertz CT molecular complexity index is 368. The highest BCUT2D eigenvalue weighted by atomic mass is 19.1. The summed E-state index contributed by atoms with van der Waals surface area (Å²) in [6, 6.07) is 9.29. The molecule has 2 heteroatoms. The molecule has 0 heterocycles. The van der Waals surface area contributed by atoms with Crippen LogP contribution in [0.2, 0.25) is 0 Å². The van der Waals surface area contributed by atoms with Crippen LogP contribution in [0.4, 0.5) is 4.39 Å². The van der Waals surface area contributed by atoms with E-state index in [9.17, 15) is 9.18 Å². The van der Waals surface area contributed by atoms with Crippen molar-refractivity contribution in [2.75, 3.05) is 6.67 Å². The monoisotopic (exact) mass is 220 g/mol. The number of benzene rings is 1. The Hall–Kier alpha value is -1.44. The number of carbonyl (C=O) groups is 1. The van der Waals surface area contributed by atoms with E-state index in [1.54, 1.807) is 6.08 Å². The summed E-state index contributed by atoms with van der Waals surface area (Å²) in [4.78, 5) is 11.7. The van der Waals surface area contributed by atoms with Gasteiger partial charge in [0.05, 0.1) is 5.92 Å². The lowest BCUT2D eigenvalue weighted by Crippen LogP contribution is -2.28. The van der Waals surface area contributed by atoms with Crippen molar-refractivity contribution in [2.24, 2.45) is 5.41 Å². The molecule has 0 fully saturated rings. The van der Waals surface area contributed by atoms with Gasteiger partial charge in [0.2, 0.25) is 0 Å². The van der Waals surface area contributed by atoms with Crippen LogP contribution in [-0.4, -0.2) is 12.5 Å². The minimum Gasteiger partial charge on any atom is -0.296 e. The molecule has 0 aliphatic carbocycles. The van der Waals surface area contributed by atoms with Gasteiger partial charge in [-0.15, -0.1) is 6.58 Å². The Morgan fingerprint density at radius 2 is 2.00 bits per heavy atom. The first-order chi connectivity index (χ1) is 7.53. The normalized spacial score (nSPS) is 13.2. The van der Waals surface area contributed by atoms with Gasteiger partial charge in [-0.1, -0.05) is 50.3 Å². The molecule has 0 amide bonds. The maximum Gasteiger partial charge on any atom is 0.172 e. The van der Waals surface area contributed by atoms with Crippen molar-refractivity contribution in [2.45, 2.75) is 19.8 Å². The third-order valence-corrected chi connectivity index (χ3v) is 2.86. The topological polar surface area (TPSA) is 17.1 Å². The molecule has 1 nitrogen and oxygen atoms in total. The first-order valence-corrected chi connectivity index (χ1v) is 5.30. The third kappa shape index (κ3) is 2.57. The molecular formula is C14H17FO. The molecule has 0 saturated carbocycles. The standard InChI is InChI=1S/C14H17FO/c1-4-14(2,3)13(12(16)10-15)11-8-6-5-7-9-11/h4-9,13H,1,10H2,2-3H3. The molecule has 1 aromatic carbocycles. The maximum atomic E-state index is 12.6. The molecule has 1 rings (SSSR count). The summed E-state index contributed by atoms with van der Waals surface area (Å²) in [5, 5.41) is 0. The van der Waals surface area contributed by atoms with Gasteiger partial charge in [-0.25, -0.2) is 4.39 Å². The Morgan fingerprint density at radius 3 is 2.44 bits per heavy atom. The van der Waals surface area contributed by atoms with E-state index in [4.69, 9.17) is 0 Å². The van der Waals surface area contributed by atoms with Crippen LogP contribution in [0.5, 0.6) is 0 Å². The summed E-state index contributed by atoms with van der Waals surface area (Å²) < 4.78 is 12.6. The van der Waals surface area contributed by atoms with Crippen LogP contribution >= 0.6 is 0 Å². The fraction of sp³-hybridized carbons (Fsp3) is 0.357. The highest BCUT2D eigenvalue weighted by Gasteiger charge is 2.33. The second-order valence-electron chi connectivity index (χ2n) is 4.47. The quantitative estimate of drug-likeness (QED) is 0.694. The van der Waals surface area contributed by atoms with Gasteiger partial charge in [-0.05, 0) is 11.0 Å². The van der Waals surface area contributed by atoms with Gasteiger partial charge >= 0.3 is 0 Å². The molecule has 0 aromatic heterocycles. The van der Waals surface area contributed by atoms with Crippen LogP contribution in [0.1, 0.15) is 25.3 Å². The average Bonchev–Trinajstić information content (AvgIpc) is 2.30. The van der Waals surface area contributed by atoms with E-state index < -0.39 is 23.8 Å². The second-order valence-corrected chi connectivity index (χ2v) is 4.47. The highest BCUT2D eigenvalue weighted by Crippen LogP contribution is 2.37. The molecule has 0 bridgehead atoms. The predicted molar refractivity (Wildman–Crippen MR) is 64.1 cm³/mol. The molecule has 0 radical (unpaired) electrons. The van der Waals surface area contributed by atoms with Crippen LogP contribution in [0.15, 0.2) is 43.0 Å². The predicted octanol–water partition coefficient (Wildman–Crippen LogP) is 3.52. The Kier molecular flexibility index (Phi) is 3.99. The summed E-state index contributed by atoms with van der Waals surface area (Å²) in [5.74, 6) is -0.854. The van der Waals surface area contributed by atoms with Crippen LogP contribution in [0.3, 0.4) is 0 Å². The van der Waals surface area contributed by atoms with Crippen molar-refractivity contribution in [3.63, 3.8) is 0 Å². The molecule has 1 atom stereocenters. The third-order valence-electron chi connectivity index (χ3n) is 2.86. The summed E-state index contributed by atoms with van der Waals surface area (Å²) in [6.45, 7) is 6.58. The molecule has 16 heavy (non-hydrogen) atoms. The Balaban J connectivity index is 3.16. The number of ketones is 1. The number of rotatable bonds is 5. The molecule has 1 aromatic rings. The minimum atomic E-state index is -0.934. The molecule has 0 spiro atoms. The van der Waals surface area contributed by atoms with Crippen molar-refractivity contribution >= 4 is 5.78 Å². The Labute approximate surface area is 96.0 Å². The van der Waals surface area contributed by atoms with Crippen molar-refractivity contribution < 1.29 is 9.18 Å². The second kappa shape index (κ2) is 5.06. The van der Waals surface area contributed by atoms with E-state index in [0.717, 1.165) is 5.56 Å². The van der Waals surface area contributed by atoms with Gasteiger partial charge in [-0.2, -0.15) is 0 Å². The van der Waals surface area contributed by atoms with Gasteiger partial charge in [0, 0.05) is 0 Å². The van der Waals surface area contributed by atoms with Crippen LogP contribution < -0.4 is 0 Å². The van der Waals surface area contributed by atoms with Gasteiger partial charge in [0.15, 0.2) is 5.78 Å². The number of halogens is 1. The largest absolute Gasteiger partial charge is 0.296 e.